The number of nitrogens with zero attached hydrogens (tertiary/aromatic N) is 2. The number of carbonyl (C=O) groups is 3. The highest BCUT2D eigenvalue weighted by Crippen LogP contribution is 2.65. The van der Waals surface area contributed by atoms with E-state index in [0.29, 0.717) is 25.1 Å². The van der Waals surface area contributed by atoms with Crippen molar-refractivity contribution in [3.05, 3.63) is 29.8 Å². The van der Waals surface area contributed by atoms with E-state index in [1.807, 2.05) is 31.2 Å². The number of piperidine rings is 1. The molecule has 2 amide bonds. The van der Waals surface area contributed by atoms with E-state index in [2.05, 4.69) is 25.2 Å². The molecule has 3 saturated carbocycles. The molecule has 1 N–H and O–H groups in total. The molecule has 1 spiro atoms. The summed E-state index contributed by atoms with van der Waals surface area (Å²) in [6.07, 6.45) is 4.01. The van der Waals surface area contributed by atoms with Gasteiger partial charge in [-0.2, -0.15) is 5.26 Å². The van der Waals surface area contributed by atoms with Crippen LogP contribution in [0.25, 0.3) is 0 Å². The SMILES string of the molecule is Cc1ccc(OCC(=O)N2C[C@H]3[C@@H]([C@H]2C(=O)N[C@H](C#N)C[C@@H]2CC4(CC4)CC2=O)C3(C)C)cc1. The number of rotatable bonds is 7. The largest absolute Gasteiger partial charge is 0.484 e. The van der Waals surface area contributed by atoms with Crippen molar-refractivity contribution in [2.75, 3.05) is 13.2 Å². The fraction of sp³-hybridized carbons (Fsp3) is 0.630. The molecule has 0 bridgehead atoms. The molecule has 4 fully saturated rings. The van der Waals surface area contributed by atoms with Crippen molar-refractivity contribution in [1.29, 1.82) is 5.26 Å². The molecular weight excluding hydrogens is 430 g/mol. The lowest BCUT2D eigenvalue weighted by atomic mass is 9.95. The van der Waals surface area contributed by atoms with Gasteiger partial charge in [0.1, 0.15) is 23.6 Å². The zero-order valence-electron chi connectivity index (χ0n) is 20.2. The molecule has 0 unspecified atom stereocenters. The van der Waals surface area contributed by atoms with Gasteiger partial charge in [-0.25, -0.2) is 0 Å². The van der Waals surface area contributed by atoms with Crippen LogP contribution in [0.3, 0.4) is 0 Å². The molecule has 5 rings (SSSR count). The molecule has 5 atom stereocenters. The Hall–Kier alpha value is -2.88. The Morgan fingerprint density at radius 3 is 2.59 bits per heavy atom. The van der Waals surface area contributed by atoms with Crippen LogP contribution in [-0.2, 0) is 14.4 Å². The summed E-state index contributed by atoms with van der Waals surface area (Å²) >= 11 is 0. The van der Waals surface area contributed by atoms with Crippen LogP contribution in [-0.4, -0.2) is 47.7 Å². The number of fused-ring (bicyclic) bond motifs is 1. The fourth-order valence-electron chi connectivity index (χ4n) is 6.39. The number of ketones is 1. The number of Topliss-reactive ketones (excluding diaryl/α,β-unsaturated/α-hetero) is 1. The number of amides is 2. The first-order valence-electron chi connectivity index (χ1n) is 12.4. The number of carbonyl (C=O) groups excluding carboxylic acids is 3. The number of hydrogen-bond donors (Lipinski definition) is 1. The maximum Gasteiger partial charge on any atom is 0.261 e. The molecule has 1 aliphatic heterocycles. The average Bonchev–Trinajstić information content (AvgIpc) is 3.52. The molecule has 1 heterocycles. The lowest BCUT2D eigenvalue weighted by molar-refractivity contribution is -0.142. The van der Waals surface area contributed by atoms with E-state index >= 15 is 0 Å². The minimum Gasteiger partial charge on any atom is -0.484 e. The van der Waals surface area contributed by atoms with Gasteiger partial charge in [0.15, 0.2) is 6.61 Å². The maximum absolute atomic E-state index is 13.4. The molecule has 0 aromatic heterocycles. The highest BCUT2D eigenvalue weighted by Gasteiger charge is 2.69. The van der Waals surface area contributed by atoms with Crippen LogP contribution < -0.4 is 10.1 Å². The molecule has 7 heteroatoms. The topological polar surface area (TPSA) is 99.5 Å². The number of likely N-dealkylation sites (tertiary alicyclic amines) is 1. The van der Waals surface area contributed by atoms with Crippen molar-refractivity contribution in [1.82, 2.24) is 10.2 Å². The third-order valence-electron chi connectivity index (χ3n) is 8.81. The van der Waals surface area contributed by atoms with Gasteiger partial charge in [-0.15, -0.1) is 0 Å². The Morgan fingerprint density at radius 2 is 1.97 bits per heavy atom. The Kier molecular flexibility index (Phi) is 5.46. The molecule has 1 saturated heterocycles. The third-order valence-corrected chi connectivity index (χ3v) is 8.81. The van der Waals surface area contributed by atoms with Gasteiger partial charge < -0.3 is 15.0 Å². The lowest BCUT2D eigenvalue weighted by Crippen LogP contribution is -2.53. The molecular formula is C27H33N3O4. The number of benzene rings is 1. The number of hydrogen-bond acceptors (Lipinski definition) is 5. The number of aryl methyl sites for hydroxylation is 1. The minimum atomic E-state index is -0.725. The van der Waals surface area contributed by atoms with Crippen LogP contribution in [0, 0.1) is 46.8 Å². The Labute approximate surface area is 200 Å². The fourth-order valence-corrected chi connectivity index (χ4v) is 6.39. The standard InChI is InChI=1S/C27H33N3O4/c1-16-4-6-19(7-5-16)34-15-22(32)30-14-20-23(26(20,2)3)24(30)25(33)29-18(13-28)10-17-11-27(8-9-27)12-21(17)31/h4-7,17-18,20,23-24H,8-12,14-15H2,1-3H3,(H,29,33)/t17-,18+,20+,23+,24+/m1/s1. The van der Waals surface area contributed by atoms with Crippen molar-refractivity contribution in [3.8, 4) is 11.8 Å². The molecule has 4 aliphatic rings. The number of ether oxygens (including phenoxy) is 1. The van der Waals surface area contributed by atoms with E-state index in [9.17, 15) is 19.6 Å². The summed E-state index contributed by atoms with van der Waals surface area (Å²) in [5, 5.41) is 12.6. The lowest BCUT2D eigenvalue weighted by Gasteiger charge is -2.30. The Morgan fingerprint density at radius 1 is 1.26 bits per heavy atom. The molecule has 3 aliphatic carbocycles. The van der Waals surface area contributed by atoms with E-state index in [1.165, 1.54) is 0 Å². The summed E-state index contributed by atoms with van der Waals surface area (Å²) in [4.78, 5) is 40.5. The van der Waals surface area contributed by atoms with Crippen molar-refractivity contribution in [2.45, 2.75) is 65.0 Å². The van der Waals surface area contributed by atoms with Gasteiger partial charge >= 0.3 is 0 Å². The van der Waals surface area contributed by atoms with Crippen LogP contribution >= 0.6 is 0 Å². The summed E-state index contributed by atoms with van der Waals surface area (Å²) in [7, 11) is 0. The van der Waals surface area contributed by atoms with E-state index in [0.717, 1.165) is 24.8 Å². The second-order valence-electron chi connectivity index (χ2n) is 11.5. The molecule has 34 heavy (non-hydrogen) atoms. The van der Waals surface area contributed by atoms with Gasteiger partial charge in [0.25, 0.3) is 5.91 Å². The van der Waals surface area contributed by atoms with Crippen LogP contribution in [0.15, 0.2) is 24.3 Å². The smallest absolute Gasteiger partial charge is 0.261 e. The van der Waals surface area contributed by atoms with Crippen LogP contribution in [0.2, 0.25) is 0 Å². The van der Waals surface area contributed by atoms with Gasteiger partial charge in [-0.3, -0.25) is 14.4 Å². The van der Waals surface area contributed by atoms with Crippen LogP contribution in [0.1, 0.15) is 51.5 Å². The molecule has 0 radical (unpaired) electrons. The monoisotopic (exact) mass is 463 g/mol. The quantitative estimate of drug-likeness (QED) is 0.670. The Balaban J connectivity index is 1.23. The van der Waals surface area contributed by atoms with Crippen LogP contribution in [0.5, 0.6) is 5.75 Å². The van der Waals surface area contributed by atoms with E-state index in [-0.39, 0.29) is 52.8 Å². The maximum atomic E-state index is 13.4. The van der Waals surface area contributed by atoms with Gasteiger partial charge in [-0.1, -0.05) is 31.5 Å². The second kappa shape index (κ2) is 8.11. The zero-order chi connectivity index (χ0) is 24.3. The van der Waals surface area contributed by atoms with Gasteiger partial charge in [0.2, 0.25) is 5.91 Å². The predicted octanol–water partition coefficient (Wildman–Crippen LogP) is 3.01. The third kappa shape index (κ3) is 4.08. The summed E-state index contributed by atoms with van der Waals surface area (Å²) in [5.41, 5.74) is 1.28. The van der Waals surface area contributed by atoms with Gasteiger partial charge in [-0.05, 0) is 67.4 Å². The van der Waals surface area contributed by atoms with E-state index < -0.39 is 12.1 Å². The summed E-state index contributed by atoms with van der Waals surface area (Å²) in [6.45, 7) is 6.62. The zero-order valence-corrected chi connectivity index (χ0v) is 20.2. The minimum absolute atomic E-state index is 0.0154. The number of nitrogens with one attached hydrogen (secondary N) is 1. The highest BCUT2D eigenvalue weighted by atomic mass is 16.5. The average molecular weight is 464 g/mol. The highest BCUT2D eigenvalue weighted by molar-refractivity contribution is 5.90. The summed E-state index contributed by atoms with van der Waals surface area (Å²) in [6, 6.07) is 8.34. The first-order valence-corrected chi connectivity index (χ1v) is 12.4. The van der Waals surface area contributed by atoms with Crippen molar-refractivity contribution in [2.24, 2.45) is 28.6 Å². The number of nitriles is 1. The molecule has 1 aromatic carbocycles. The molecule has 1 aromatic rings. The first kappa shape index (κ1) is 22.9. The molecule has 180 valence electrons. The summed E-state index contributed by atoms with van der Waals surface area (Å²) in [5.74, 6) is 0.502. The first-order chi connectivity index (χ1) is 16.1. The van der Waals surface area contributed by atoms with Crippen molar-refractivity contribution in [3.63, 3.8) is 0 Å². The van der Waals surface area contributed by atoms with Crippen molar-refractivity contribution < 1.29 is 19.1 Å². The van der Waals surface area contributed by atoms with Gasteiger partial charge in [0.05, 0.1) is 6.07 Å². The summed E-state index contributed by atoms with van der Waals surface area (Å²) < 4.78 is 5.68. The van der Waals surface area contributed by atoms with Crippen LogP contribution in [0.4, 0.5) is 0 Å². The second-order valence-corrected chi connectivity index (χ2v) is 11.5. The Bertz CT molecular complexity index is 1050. The molecule has 7 nitrogen and oxygen atoms in total. The predicted molar refractivity (Wildman–Crippen MR) is 124 cm³/mol. The normalized spacial score (nSPS) is 30.4. The van der Waals surface area contributed by atoms with E-state index in [4.69, 9.17) is 4.74 Å². The van der Waals surface area contributed by atoms with Gasteiger partial charge in [0, 0.05) is 18.9 Å². The van der Waals surface area contributed by atoms with Crippen molar-refractivity contribution >= 4 is 17.6 Å². The van der Waals surface area contributed by atoms with E-state index in [1.54, 1.807) is 4.90 Å².